The van der Waals surface area contributed by atoms with E-state index in [0.29, 0.717) is 5.89 Å². The van der Waals surface area contributed by atoms with Crippen molar-refractivity contribution in [2.75, 3.05) is 0 Å². The molecule has 98 valence electrons. The van der Waals surface area contributed by atoms with Gasteiger partial charge in [0.05, 0.1) is 0 Å². The molecule has 4 aliphatic rings. The van der Waals surface area contributed by atoms with Crippen LogP contribution in [-0.2, 0) is 5.41 Å². The maximum Gasteiger partial charge on any atom is 0.255 e. The summed E-state index contributed by atoms with van der Waals surface area (Å²) in [5.41, 5.74) is 0.172. The van der Waals surface area contributed by atoms with Crippen molar-refractivity contribution in [1.29, 1.82) is 0 Å². The number of aromatic nitrogens is 2. The summed E-state index contributed by atoms with van der Waals surface area (Å²) in [6.45, 7) is 1.68. The van der Waals surface area contributed by atoms with Gasteiger partial charge in [0.15, 0.2) is 5.82 Å². The minimum absolute atomic E-state index is 0.172. The largest absolute Gasteiger partial charge is 0.384 e. The van der Waals surface area contributed by atoms with Crippen molar-refractivity contribution in [3.63, 3.8) is 0 Å². The van der Waals surface area contributed by atoms with Crippen LogP contribution in [0.25, 0.3) is 0 Å². The lowest BCUT2D eigenvalue weighted by Gasteiger charge is -2.55. The van der Waals surface area contributed by atoms with Crippen LogP contribution in [0.5, 0.6) is 0 Å². The van der Waals surface area contributed by atoms with Gasteiger partial charge in [-0.2, -0.15) is 4.98 Å². The van der Waals surface area contributed by atoms with Gasteiger partial charge in [0.1, 0.15) is 6.10 Å². The minimum Gasteiger partial charge on any atom is -0.384 e. The first-order valence-corrected chi connectivity index (χ1v) is 7.17. The fraction of sp³-hybridized carbons (Fsp3) is 0.857. The molecule has 4 fully saturated rings. The number of rotatable bonds is 2. The third-order valence-electron chi connectivity index (χ3n) is 5.31. The number of nitrogens with zero attached hydrogens (tertiary/aromatic N) is 2. The summed E-state index contributed by atoms with van der Waals surface area (Å²) in [6.07, 6.45) is 7.30. The lowest BCUT2D eigenvalue weighted by atomic mass is 9.49. The topological polar surface area (TPSA) is 59.2 Å². The Morgan fingerprint density at radius 3 is 2.17 bits per heavy atom. The zero-order chi connectivity index (χ0) is 12.3. The van der Waals surface area contributed by atoms with E-state index in [0.717, 1.165) is 23.6 Å². The molecular weight excluding hydrogens is 228 g/mol. The van der Waals surface area contributed by atoms with E-state index in [-0.39, 0.29) is 5.41 Å². The zero-order valence-corrected chi connectivity index (χ0v) is 10.8. The molecule has 1 aromatic rings. The summed E-state index contributed by atoms with van der Waals surface area (Å²) in [6, 6.07) is 0. The molecule has 18 heavy (non-hydrogen) atoms. The van der Waals surface area contributed by atoms with Gasteiger partial charge in [0.2, 0.25) is 0 Å². The molecule has 1 atom stereocenters. The average molecular weight is 248 g/mol. The Hall–Kier alpha value is -0.900. The normalized spacial score (nSPS) is 43.3. The zero-order valence-electron chi connectivity index (χ0n) is 10.8. The molecule has 4 saturated carbocycles. The Kier molecular flexibility index (Phi) is 2.17. The smallest absolute Gasteiger partial charge is 0.255 e. The van der Waals surface area contributed by atoms with Gasteiger partial charge in [0.25, 0.3) is 5.89 Å². The predicted octanol–water partition coefficient (Wildman–Crippen LogP) is 2.59. The minimum atomic E-state index is -0.653. The Morgan fingerprint density at radius 2 is 1.72 bits per heavy atom. The molecule has 1 N–H and O–H groups in total. The lowest BCUT2D eigenvalue weighted by molar-refractivity contribution is -0.0103. The highest BCUT2D eigenvalue weighted by Crippen LogP contribution is 2.60. The predicted molar refractivity (Wildman–Crippen MR) is 64.8 cm³/mol. The van der Waals surface area contributed by atoms with Crippen molar-refractivity contribution in [2.24, 2.45) is 17.8 Å². The maximum absolute atomic E-state index is 9.52. The van der Waals surface area contributed by atoms with Crippen LogP contribution in [0.15, 0.2) is 4.52 Å². The molecule has 4 nitrogen and oxygen atoms in total. The van der Waals surface area contributed by atoms with Gasteiger partial charge in [-0.1, -0.05) is 5.16 Å². The van der Waals surface area contributed by atoms with E-state index in [2.05, 4.69) is 10.1 Å². The summed E-state index contributed by atoms with van der Waals surface area (Å²) in [5.74, 6) is 3.89. The van der Waals surface area contributed by atoms with Crippen LogP contribution >= 0.6 is 0 Å². The second kappa shape index (κ2) is 3.56. The van der Waals surface area contributed by atoms with Crippen molar-refractivity contribution in [2.45, 2.75) is 57.0 Å². The van der Waals surface area contributed by atoms with Crippen molar-refractivity contribution in [1.82, 2.24) is 10.1 Å². The summed E-state index contributed by atoms with van der Waals surface area (Å²) >= 11 is 0. The van der Waals surface area contributed by atoms with E-state index < -0.39 is 6.10 Å². The Labute approximate surface area is 107 Å². The second-order valence-electron chi connectivity index (χ2n) is 6.83. The lowest BCUT2D eigenvalue weighted by Crippen LogP contribution is -2.49. The van der Waals surface area contributed by atoms with E-state index in [1.165, 1.54) is 38.5 Å². The molecule has 4 heteroatoms. The SMILES string of the molecule is C[C@H](O)c1nc(C23CC4CC(CC(C4)C2)C3)no1. The molecule has 1 heterocycles. The van der Waals surface area contributed by atoms with Gasteiger partial charge < -0.3 is 9.63 Å². The molecule has 5 rings (SSSR count). The van der Waals surface area contributed by atoms with E-state index in [4.69, 9.17) is 4.52 Å². The summed E-state index contributed by atoms with van der Waals surface area (Å²) in [7, 11) is 0. The highest BCUT2D eigenvalue weighted by Gasteiger charge is 2.53. The van der Waals surface area contributed by atoms with Crippen LogP contribution in [0.3, 0.4) is 0 Å². The van der Waals surface area contributed by atoms with Crippen LogP contribution in [0.4, 0.5) is 0 Å². The first kappa shape index (κ1) is 11.0. The number of aliphatic hydroxyl groups is 1. The van der Waals surface area contributed by atoms with Gasteiger partial charge >= 0.3 is 0 Å². The second-order valence-corrected chi connectivity index (χ2v) is 6.83. The van der Waals surface area contributed by atoms with Crippen LogP contribution in [0, 0.1) is 17.8 Å². The third-order valence-corrected chi connectivity index (χ3v) is 5.31. The molecule has 0 amide bonds. The fourth-order valence-electron chi connectivity index (χ4n) is 5.00. The van der Waals surface area contributed by atoms with Crippen molar-refractivity contribution in [3.8, 4) is 0 Å². The molecule has 0 aliphatic heterocycles. The van der Waals surface area contributed by atoms with Gasteiger partial charge in [-0.25, -0.2) is 0 Å². The van der Waals surface area contributed by atoms with E-state index in [1.54, 1.807) is 6.92 Å². The molecule has 0 saturated heterocycles. The quantitative estimate of drug-likeness (QED) is 0.874. The monoisotopic (exact) mass is 248 g/mol. The summed E-state index contributed by atoms with van der Waals surface area (Å²) < 4.78 is 5.20. The van der Waals surface area contributed by atoms with Crippen molar-refractivity contribution in [3.05, 3.63) is 11.7 Å². The first-order valence-electron chi connectivity index (χ1n) is 7.17. The van der Waals surface area contributed by atoms with Crippen LogP contribution in [0.1, 0.15) is 63.3 Å². The van der Waals surface area contributed by atoms with E-state index >= 15 is 0 Å². The van der Waals surface area contributed by atoms with Gasteiger partial charge in [-0.3, -0.25) is 0 Å². The molecule has 4 aliphatic carbocycles. The van der Waals surface area contributed by atoms with Crippen LogP contribution in [-0.4, -0.2) is 15.2 Å². The maximum atomic E-state index is 9.52. The van der Waals surface area contributed by atoms with E-state index in [9.17, 15) is 5.11 Å². The molecule has 0 aromatic carbocycles. The summed E-state index contributed by atoms with van der Waals surface area (Å²) in [4.78, 5) is 4.47. The average Bonchev–Trinajstić information content (AvgIpc) is 2.76. The molecule has 4 bridgehead atoms. The number of aliphatic hydroxyl groups excluding tert-OH is 1. The Bertz CT molecular complexity index is 431. The van der Waals surface area contributed by atoms with Crippen molar-refractivity contribution >= 4 is 0 Å². The van der Waals surface area contributed by atoms with Gasteiger partial charge in [-0.15, -0.1) is 0 Å². The first-order chi connectivity index (χ1) is 8.64. The Balaban J connectivity index is 1.70. The number of hydrogen-bond donors (Lipinski definition) is 1. The molecule has 0 radical (unpaired) electrons. The third kappa shape index (κ3) is 1.48. The van der Waals surface area contributed by atoms with Crippen molar-refractivity contribution < 1.29 is 9.63 Å². The Morgan fingerprint density at radius 1 is 1.17 bits per heavy atom. The fourth-order valence-corrected chi connectivity index (χ4v) is 5.00. The molecular formula is C14H20N2O2. The van der Waals surface area contributed by atoms with Gasteiger partial charge in [-0.05, 0) is 63.2 Å². The van der Waals surface area contributed by atoms with Crippen LogP contribution in [0.2, 0.25) is 0 Å². The highest BCUT2D eigenvalue weighted by molar-refractivity contribution is 5.16. The standard InChI is InChI=1S/C14H20N2O2/c1-8(17)12-15-13(16-18-12)14-5-9-2-10(6-14)4-11(3-9)7-14/h8-11,17H,2-7H2,1H3/t8-,9?,10?,11?,14?/m0/s1. The van der Waals surface area contributed by atoms with Crippen LogP contribution < -0.4 is 0 Å². The molecule has 0 unspecified atom stereocenters. The highest BCUT2D eigenvalue weighted by atomic mass is 16.5. The van der Waals surface area contributed by atoms with Gasteiger partial charge in [0, 0.05) is 5.41 Å². The summed E-state index contributed by atoms with van der Waals surface area (Å²) in [5, 5.41) is 13.7. The molecule has 1 aromatic heterocycles. The van der Waals surface area contributed by atoms with E-state index in [1.807, 2.05) is 0 Å². The molecule has 0 spiro atoms. The number of hydrogen-bond acceptors (Lipinski definition) is 4.